The van der Waals surface area contributed by atoms with E-state index in [1.54, 1.807) is 16.8 Å². The maximum atomic E-state index is 14.1. The number of anilines is 1. The summed E-state index contributed by atoms with van der Waals surface area (Å²) < 4.78 is 15.8. The van der Waals surface area contributed by atoms with Crippen molar-refractivity contribution in [2.45, 2.75) is 45.6 Å². The predicted octanol–water partition coefficient (Wildman–Crippen LogP) is 3.03. The molecule has 6 heteroatoms. The molecule has 2 aromatic rings. The predicted molar refractivity (Wildman–Crippen MR) is 78.8 cm³/mol. The molecule has 0 saturated heterocycles. The van der Waals surface area contributed by atoms with Crippen molar-refractivity contribution in [3.05, 3.63) is 24.0 Å². The second-order valence-corrected chi connectivity index (χ2v) is 5.96. The third-order valence-electron chi connectivity index (χ3n) is 4.67. The van der Waals surface area contributed by atoms with Crippen molar-refractivity contribution < 1.29 is 4.39 Å². The van der Waals surface area contributed by atoms with Gasteiger partial charge in [0.25, 0.3) is 0 Å². The van der Waals surface area contributed by atoms with Gasteiger partial charge in [-0.3, -0.25) is 0 Å². The van der Waals surface area contributed by atoms with Gasteiger partial charge in [0.2, 0.25) is 0 Å². The number of rotatable bonds is 4. The number of hydrogen-bond donors (Lipinski definition) is 1. The number of halogens is 1. The van der Waals surface area contributed by atoms with Gasteiger partial charge in [-0.1, -0.05) is 19.8 Å². The Bertz CT molecular complexity index is 631. The number of nitrogen functional groups attached to an aromatic ring is 1. The van der Waals surface area contributed by atoms with Crippen molar-refractivity contribution in [2.24, 2.45) is 5.41 Å². The van der Waals surface area contributed by atoms with Crippen LogP contribution in [-0.4, -0.2) is 20.2 Å². The molecular weight excluding hydrogens is 269 g/mol. The maximum absolute atomic E-state index is 14.1. The molecule has 3 rings (SSSR count). The van der Waals surface area contributed by atoms with E-state index in [4.69, 9.17) is 5.73 Å². The summed E-state index contributed by atoms with van der Waals surface area (Å²) in [6.45, 7) is 2.95. The molecule has 0 bridgehead atoms. The summed E-state index contributed by atoms with van der Waals surface area (Å²) >= 11 is 0. The van der Waals surface area contributed by atoms with E-state index in [9.17, 15) is 4.39 Å². The molecule has 0 spiro atoms. The summed E-state index contributed by atoms with van der Waals surface area (Å²) in [6, 6.07) is 4.61. The Hall–Kier alpha value is -1.98. The third-order valence-corrected chi connectivity index (χ3v) is 4.67. The Kier molecular flexibility index (Phi) is 3.61. The molecule has 112 valence electrons. The van der Waals surface area contributed by atoms with Crippen LogP contribution in [0, 0.1) is 11.2 Å². The number of hydrogen-bond acceptors (Lipinski definition) is 4. The van der Waals surface area contributed by atoms with Crippen LogP contribution in [0.2, 0.25) is 0 Å². The molecule has 1 aromatic carbocycles. The second kappa shape index (κ2) is 5.42. The van der Waals surface area contributed by atoms with Gasteiger partial charge in [-0.25, -0.2) is 9.07 Å². The number of benzene rings is 1. The van der Waals surface area contributed by atoms with Gasteiger partial charge in [-0.2, -0.15) is 0 Å². The van der Waals surface area contributed by atoms with Crippen LogP contribution in [0.4, 0.5) is 10.1 Å². The van der Waals surface area contributed by atoms with Gasteiger partial charge in [0.05, 0.1) is 12.1 Å². The summed E-state index contributed by atoms with van der Waals surface area (Å²) in [5.74, 6) is 0.0928. The molecule has 2 N–H and O–H groups in total. The summed E-state index contributed by atoms with van der Waals surface area (Å²) in [6.07, 6.45) is 5.97. The quantitative estimate of drug-likeness (QED) is 0.878. The zero-order valence-corrected chi connectivity index (χ0v) is 12.2. The zero-order valence-electron chi connectivity index (χ0n) is 12.2. The Balaban J connectivity index is 1.94. The fraction of sp³-hybridized carbons (Fsp3) is 0.533. The molecule has 1 aliphatic carbocycles. The molecular formula is C15H20FN5. The van der Waals surface area contributed by atoms with E-state index >= 15 is 0 Å². The normalized spacial score (nSPS) is 17.2. The van der Waals surface area contributed by atoms with Gasteiger partial charge < -0.3 is 5.73 Å². The van der Waals surface area contributed by atoms with Gasteiger partial charge >= 0.3 is 0 Å². The first kappa shape index (κ1) is 14.0. The van der Waals surface area contributed by atoms with Gasteiger partial charge in [0.15, 0.2) is 5.82 Å². The first-order chi connectivity index (χ1) is 10.1. The molecule has 0 unspecified atom stereocenters. The summed E-state index contributed by atoms with van der Waals surface area (Å²) in [5.41, 5.74) is 6.64. The van der Waals surface area contributed by atoms with E-state index in [2.05, 4.69) is 22.4 Å². The lowest BCUT2D eigenvalue weighted by Crippen LogP contribution is -2.24. The molecule has 5 nitrogen and oxygen atoms in total. The number of nitrogens with zero attached hydrogens (tertiary/aromatic N) is 4. The lowest BCUT2D eigenvalue weighted by Gasteiger charge is -2.27. The minimum atomic E-state index is -0.386. The first-order valence-electron chi connectivity index (χ1n) is 7.45. The molecule has 0 amide bonds. The van der Waals surface area contributed by atoms with E-state index in [1.807, 2.05) is 0 Å². The number of nitrogens with two attached hydrogens (primary N) is 1. The van der Waals surface area contributed by atoms with Crippen molar-refractivity contribution >= 4 is 5.69 Å². The molecule has 0 radical (unpaired) electrons. The minimum Gasteiger partial charge on any atom is -0.399 e. The number of tetrazole rings is 1. The Labute approximate surface area is 123 Å². The van der Waals surface area contributed by atoms with Gasteiger partial charge in [0, 0.05) is 5.69 Å². The van der Waals surface area contributed by atoms with Crippen molar-refractivity contribution in [1.29, 1.82) is 0 Å². The highest BCUT2D eigenvalue weighted by Gasteiger charge is 2.33. The standard InChI is InChI=1S/C15H20FN5/c1-2-15(7-3-4-8-15)10-21-14(18-19-20-21)12-6-5-11(17)9-13(12)16/h5-6,9H,2-4,7-8,10,17H2,1H3. The molecule has 1 aliphatic rings. The summed E-state index contributed by atoms with van der Waals surface area (Å²) in [5, 5.41) is 11.8. The first-order valence-corrected chi connectivity index (χ1v) is 7.45. The third kappa shape index (κ3) is 2.62. The van der Waals surface area contributed by atoms with Gasteiger partial charge in [-0.15, -0.1) is 5.10 Å². The van der Waals surface area contributed by atoms with E-state index in [0.29, 0.717) is 17.1 Å². The van der Waals surface area contributed by atoms with Crippen LogP contribution in [0.5, 0.6) is 0 Å². The average Bonchev–Trinajstić information content (AvgIpc) is 3.10. The van der Waals surface area contributed by atoms with Crippen LogP contribution in [0.15, 0.2) is 18.2 Å². The topological polar surface area (TPSA) is 69.6 Å². The largest absolute Gasteiger partial charge is 0.399 e. The fourth-order valence-corrected chi connectivity index (χ4v) is 3.28. The van der Waals surface area contributed by atoms with Crippen LogP contribution < -0.4 is 5.73 Å². The van der Waals surface area contributed by atoms with E-state index in [-0.39, 0.29) is 11.2 Å². The van der Waals surface area contributed by atoms with Crippen LogP contribution >= 0.6 is 0 Å². The van der Waals surface area contributed by atoms with Crippen LogP contribution in [0.1, 0.15) is 39.0 Å². The van der Waals surface area contributed by atoms with E-state index in [0.717, 1.165) is 13.0 Å². The Morgan fingerprint density at radius 3 is 2.76 bits per heavy atom. The van der Waals surface area contributed by atoms with E-state index in [1.165, 1.54) is 31.7 Å². The highest BCUT2D eigenvalue weighted by Crippen LogP contribution is 2.42. The van der Waals surface area contributed by atoms with Gasteiger partial charge in [-0.05, 0) is 53.3 Å². The van der Waals surface area contributed by atoms with Crippen LogP contribution in [-0.2, 0) is 6.54 Å². The highest BCUT2D eigenvalue weighted by atomic mass is 19.1. The molecule has 1 saturated carbocycles. The summed E-state index contributed by atoms with van der Waals surface area (Å²) in [7, 11) is 0. The zero-order chi connectivity index (χ0) is 14.9. The van der Waals surface area contributed by atoms with Crippen LogP contribution in [0.3, 0.4) is 0 Å². The Morgan fingerprint density at radius 1 is 1.33 bits per heavy atom. The monoisotopic (exact) mass is 289 g/mol. The highest BCUT2D eigenvalue weighted by molar-refractivity contribution is 5.59. The van der Waals surface area contributed by atoms with Crippen molar-refractivity contribution in [3.63, 3.8) is 0 Å². The smallest absolute Gasteiger partial charge is 0.184 e. The molecule has 1 fully saturated rings. The number of aromatic nitrogens is 4. The SMILES string of the molecule is CCC1(Cn2nnnc2-c2ccc(N)cc2F)CCCC1. The average molecular weight is 289 g/mol. The Morgan fingerprint density at radius 2 is 2.10 bits per heavy atom. The molecule has 21 heavy (non-hydrogen) atoms. The lowest BCUT2D eigenvalue weighted by atomic mass is 9.83. The minimum absolute atomic E-state index is 0.244. The van der Waals surface area contributed by atoms with Crippen molar-refractivity contribution in [2.75, 3.05) is 5.73 Å². The van der Waals surface area contributed by atoms with Gasteiger partial charge in [0.1, 0.15) is 5.82 Å². The van der Waals surface area contributed by atoms with E-state index < -0.39 is 0 Å². The lowest BCUT2D eigenvalue weighted by molar-refractivity contribution is 0.226. The summed E-state index contributed by atoms with van der Waals surface area (Å²) in [4.78, 5) is 0. The van der Waals surface area contributed by atoms with Crippen molar-refractivity contribution in [1.82, 2.24) is 20.2 Å². The molecule has 1 heterocycles. The maximum Gasteiger partial charge on any atom is 0.184 e. The molecule has 0 aliphatic heterocycles. The fourth-order valence-electron chi connectivity index (χ4n) is 3.28. The molecule has 0 atom stereocenters. The second-order valence-electron chi connectivity index (χ2n) is 5.96. The van der Waals surface area contributed by atoms with Crippen molar-refractivity contribution in [3.8, 4) is 11.4 Å². The molecule has 1 aromatic heterocycles. The van der Waals surface area contributed by atoms with Crippen LogP contribution in [0.25, 0.3) is 11.4 Å².